The average Bonchev–Trinajstić information content (AvgIpc) is 2.78. The zero-order valence-corrected chi connectivity index (χ0v) is 11.2. The molecule has 0 bridgehead atoms. The summed E-state index contributed by atoms with van der Waals surface area (Å²) in [7, 11) is 0. The zero-order valence-electron chi connectivity index (χ0n) is 8.76. The maximum Gasteiger partial charge on any atom is 0.194 e. The number of nitrogens with zero attached hydrogens (tertiary/aromatic N) is 1. The Morgan fingerprint density at radius 3 is 2.47 bits per heavy atom. The van der Waals surface area contributed by atoms with E-state index in [1.165, 1.54) is 11.3 Å². The summed E-state index contributed by atoms with van der Waals surface area (Å²) in [5.41, 5.74) is 0.740. The molecular weight excluding hydrogens is 298 g/mol. The number of rotatable bonds is 3. The first kappa shape index (κ1) is 12.0. The molecule has 0 aliphatic rings. The van der Waals surface area contributed by atoms with Gasteiger partial charge in [-0.05, 0) is 33.6 Å². The van der Waals surface area contributed by atoms with E-state index in [0.29, 0.717) is 4.88 Å². The molecular formula is C13H8BrNOS. The molecule has 1 aromatic carbocycles. The van der Waals surface area contributed by atoms with E-state index >= 15 is 0 Å². The van der Waals surface area contributed by atoms with Crippen LogP contribution in [0, 0.1) is 11.3 Å². The highest BCUT2D eigenvalue weighted by atomic mass is 79.9. The molecule has 0 amide bonds. The highest BCUT2D eigenvalue weighted by Crippen LogP contribution is 2.27. The Morgan fingerprint density at radius 1 is 1.24 bits per heavy atom. The van der Waals surface area contributed by atoms with Crippen molar-refractivity contribution in [2.24, 2.45) is 0 Å². The number of carbonyl (C=O) groups excluding carboxylic acids is 1. The van der Waals surface area contributed by atoms with Crippen molar-refractivity contribution in [2.75, 3.05) is 0 Å². The number of thiophene rings is 1. The lowest BCUT2D eigenvalue weighted by Gasteiger charge is -2.06. The van der Waals surface area contributed by atoms with Gasteiger partial charge < -0.3 is 0 Å². The molecule has 4 heteroatoms. The predicted octanol–water partition coefficient (Wildman–Crippen LogP) is 4.00. The molecule has 1 atom stereocenters. The smallest absolute Gasteiger partial charge is 0.194 e. The van der Waals surface area contributed by atoms with Gasteiger partial charge in [0.2, 0.25) is 0 Å². The Bertz CT molecular complexity index is 571. The molecule has 0 N–H and O–H groups in total. The molecule has 1 aromatic heterocycles. The summed E-state index contributed by atoms with van der Waals surface area (Å²) in [4.78, 5) is 12.8. The third-order valence-corrected chi connectivity index (χ3v) is 3.98. The van der Waals surface area contributed by atoms with Gasteiger partial charge in [-0.1, -0.05) is 30.3 Å². The van der Waals surface area contributed by atoms with Crippen molar-refractivity contribution in [3.8, 4) is 6.07 Å². The Kier molecular flexibility index (Phi) is 3.72. The van der Waals surface area contributed by atoms with Crippen LogP contribution < -0.4 is 0 Å². The number of nitriles is 1. The van der Waals surface area contributed by atoms with Crippen LogP contribution in [0.15, 0.2) is 46.3 Å². The summed E-state index contributed by atoms with van der Waals surface area (Å²) >= 11 is 4.66. The molecule has 2 rings (SSSR count). The first-order valence-corrected chi connectivity index (χ1v) is 6.57. The SMILES string of the molecule is N#CC(C(=O)c1ccc(Br)s1)c1ccccc1. The van der Waals surface area contributed by atoms with Crippen molar-refractivity contribution in [3.05, 3.63) is 56.7 Å². The van der Waals surface area contributed by atoms with Crippen molar-refractivity contribution in [1.82, 2.24) is 0 Å². The maximum atomic E-state index is 12.2. The van der Waals surface area contributed by atoms with Gasteiger partial charge in [0, 0.05) is 0 Å². The van der Waals surface area contributed by atoms with Crippen LogP contribution in [0.3, 0.4) is 0 Å². The third kappa shape index (κ3) is 2.63. The van der Waals surface area contributed by atoms with Gasteiger partial charge in [-0.2, -0.15) is 5.26 Å². The van der Waals surface area contributed by atoms with Crippen LogP contribution in [-0.4, -0.2) is 5.78 Å². The quantitative estimate of drug-likeness (QED) is 0.804. The second kappa shape index (κ2) is 5.26. The fourth-order valence-corrected chi connectivity index (χ4v) is 2.88. The number of Topliss-reactive ketones (excluding diaryl/α,β-unsaturated/α-hetero) is 1. The molecule has 17 heavy (non-hydrogen) atoms. The van der Waals surface area contributed by atoms with Gasteiger partial charge in [-0.25, -0.2) is 0 Å². The second-order valence-corrected chi connectivity index (χ2v) is 5.90. The number of carbonyl (C=O) groups is 1. The zero-order chi connectivity index (χ0) is 12.3. The summed E-state index contributed by atoms with van der Waals surface area (Å²) in [6.07, 6.45) is 0. The van der Waals surface area contributed by atoms with Crippen LogP contribution in [-0.2, 0) is 0 Å². The molecule has 0 radical (unpaired) electrons. The minimum absolute atomic E-state index is 0.144. The molecule has 0 aliphatic heterocycles. The largest absolute Gasteiger partial charge is 0.291 e. The summed E-state index contributed by atoms with van der Waals surface area (Å²) in [5, 5.41) is 9.14. The van der Waals surface area contributed by atoms with E-state index in [9.17, 15) is 4.79 Å². The number of halogens is 1. The summed E-state index contributed by atoms with van der Waals surface area (Å²) in [6, 6.07) is 14.8. The topological polar surface area (TPSA) is 40.9 Å². The lowest BCUT2D eigenvalue weighted by molar-refractivity contribution is 0.0983. The summed E-state index contributed by atoms with van der Waals surface area (Å²) < 4.78 is 0.894. The molecule has 84 valence electrons. The molecule has 2 aromatic rings. The van der Waals surface area contributed by atoms with Crippen LogP contribution in [0.2, 0.25) is 0 Å². The van der Waals surface area contributed by atoms with E-state index < -0.39 is 5.92 Å². The van der Waals surface area contributed by atoms with Gasteiger partial charge in [0.05, 0.1) is 14.7 Å². The first-order valence-electron chi connectivity index (χ1n) is 4.96. The number of hydrogen-bond donors (Lipinski definition) is 0. The minimum atomic E-state index is -0.721. The summed E-state index contributed by atoms with van der Waals surface area (Å²) in [6.45, 7) is 0. The Balaban J connectivity index is 2.32. The normalized spacial score (nSPS) is 11.8. The van der Waals surface area contributed by atoms with Crippen LogP contribution in [0.4, 0.5) is 0 Å². The molecule has 0 aliphatic carbocycles. The molecule has 2 nitrogen and oxygen atoms in total. The van der Waals surface area contributed by atoms with E-state index in [4.69, 9.17) is 5.26 Å². The highest BCUT2D eigenvalue weighted by molar-refractivity contribution is 9.11. The van der Waals surface area contributed by atoms with Crippen molar-refractivity contribution in [2.45, 2.75) is 5.92 Å². The molecule has 0 spiro atoms. The molecule has 1 heterocycles. The number of hydrogen-bond acceptors (Lipinski definition) is 3. The van der Waals surface area contributed by atoms with Crippen LogP contribution >= 0.6 is 27.3 Å². The fourth-order valence-electron chi connectivity index (χ4n) is 1.52. The fraction of sp³-hybridized carbons (Fsp3) is 0.0769. The predicted molar refractivity (Wildman–Crippen MR) is 71.1 cm³/mol. The van der Waals surface area contributed by atoms with E-state index in [2.05, 4.69) is 22.0 Å². The molecule has 0 saturated heterocycles. The van der Waals surface area contributed by atoms with Crippen LogP contribution in [0.5, 0.6) is 0 Å². The monoisotopic (exact) mass is 305 g/mol. The third-order valence-electron chi connectivity index (χ3n) is 2.34. The standard InChI is InChI=1S/C13H8BrNOS/c14-12-7-6-11(17-12)13(16)10(8-15)9-4-2-1-3-5-9/h1-7,10H. The van der Waals surface area contributed by atoms with E-state index in [-0.39, 0.29) is 5.78 Å². The van der Waals surface area contributed by atoms with Gasteiger partial charge in [0.25, 0.3) is 0 Å². The van der Waals surface area contributed by atoms with Crippen molar-refractivity contribution >= 4 is 33.0 Å². The molecule has 0 saturated carbocycles. The molecule has 1 unspecified atom stereocenters. The van der Waals surface area contributed by atoms with Crippen LogP contribution in [0.25, 0.3) is 0 Å². The van der Waals surface area contributed by atoms with Crippen molar-refractivity contribution in [1.29, 1.82) is 5.26 Å². The van der Waals surface area contributed by atoms with Gasteiger partial charge in [0.15, 0.2) is 5.78 Å². The van der Waals surface area contributed by atoms with E-state index in [0.717, 1.165) is 9.35 Å². The first-order chi connectivity index (χ1) is 8.22. The van der Waals surface area contributed by atoms with Crippen molar-refractivity contribution in [3.63, 3.8) is 0 Å². The lowest BCUT2D eigenvalue weighted by Crippen LogP contribution is -2.09. The summed E-state index contributed by atoms with van der Waals surface area (Å²) in [5.74, 6) is -0.865. The maximum absolute atomic E-state index is 12.2. The van der Waals surface area contributed by atoms with Crippen LogP contribution in [0.1, 0.15) is 21.2 Å². The Morgan fingerprint density at radius 2 is 1.94 bits per heavy atom. The van der Waals surface area contributed by atoms with Gasteiger partial charge in [0.1, 0.15) is 5.92 Å². The highest BCUT2D eigenvalue weighted by Gasteiger charge is 2.22. The van der Waals surface area contributed by atoms with Gasteiger partial charge in [-0.15, -0.1) is 11.3 Å². The second-order valence-electron chi connectivity index (χ2n) is 3.44. The molecule has 0 fully saturated rings. The number of ketones is 1. The van der Waals surface area contributed by atoms with Crippen molar-refractivity contribution < 1.29 is 4.79 Å². The Labute approximate surface area is 112 Å². The number of benzene rings is 1. The minimum Gasteiger partial charge on any atom is -0.291 e. The lowest BCUT2D eigenvalue weighted by atomic mass is 9.95. The van der Waals surface area contributed by atoms with Gasteiger partial charge in [-0.3, -0.25) is 4.79 Å². The Hall–Kier alpha value is -1.44. The average molecular weight is 306 g/mol. The van der Waals surface area contributed by atoms with Gasteiger partial charge >= 0.3 is 0 Å². The van der Waals surface area contributed by atoms with E-state index in [1.807, 2.05) is 24.3 Å². The van der Waals surface area contributed by atoms with E-state index in [1.54, 1.807) is 18.2 Å².